The average molecular weight is 281 g/mol. The molecule has 0 aliphatic heterocycles. The van der Waals surface area contributed by atoms with E-state index in [4.69, 9.17) is 5.11 Å². The Balaban J connectivity index is 2.63. The van der Waals surface area contributed by atoms with Crippen molar-refractivity contribution in [3.05, 3.63) is 18.0 Å². The van der Waals surface area contributed by atoms with Crippen LogP contribution < -0.4 is 5.32 Å². The molecule has 2 N–H and O–H groups in total. The lowest BCUT2D eigenvalue weighted by Gasteiger charge is -2.19. The first-order valence-corrected chi connectivity index (χ1v) is 6.91. The molecule has 0 fully saturated rings. The maximum absolute atomic E-state index is 11.9. The Morgan fingerprint density at radius 2 is 2.05 bits per heavy atom. The molecule has 2 atom stereocenters. The number of nitrogens with zero attached hydrogens (tertiary/aromatic N) is 2. The smallest absolute Gasteiger partial charge is 0.326 e. The number of carbonyl (C=O) groups excluding carboxylic acids is 1. The Morgan fingerprint density at radius 1 is 1.40 bits per heavy atom. The predicted octanol–water partition coefficient (Wildman–Crippen LogP) is 1.62. The van der Waals surface area contributed by atoms with Gasteiger partial charge in [-0.25, -0.2) is 4.79 Å². The van der Waals surface area contributed by atoms with Crippen molar-refractivity contribution in [3.8, 4) is 0 Å². The van der Waals surface area contributed by atoms with E-state index in [1.54, 1.807) is 10.7 Å². The second-order valence-corrected chi connectivity index (χ2v) is 5.33. The highest BCUT2D eigenvalue weighted by Gasteiger charge is 2.25. The van der Waals surface area contributed by atoms with Crippen LogP contribution in [0, 0.1) is 5.92 Å². The standard InChI is InChI=1S/C14H23N3O3/c1-5-10(4)13(14(19)20)15-12(18)8-11-6-7-17(16-11)9(2)3/h6-7,9-10,13H,5,8H2,1-4H3,(H,15,18)(H,19,20)/t10-,13+/m1/s1. The molecule has 0 aliphatic carbocycles. The van der Waals surface area contributed by atoms with Crippen LogP contribution in [-0.2, 0) is 16.0 Å². The number of aromatic nitrogens is 2. The van der Waals surface area contributed by atoms with Gasteiger partial charge >= 0.3 is 5.97 Å². The molecular weight excluding hydrogens is 258 g/mol. The topological polar surface area (TPSA) is 84.2 Å². The number of carboxylic acids is 1. The van der Waals surface area contributed by atoms with Crippen molar-refractivity contribution in [3.63, 3.8) is 0 Å². The third kappa shape index (κ3) is 4.36. The number of rotatable bonds is 7. The van der Waals surface area contributed by atoms with Crippen molar-refractivity contribution in [1.82, 2.24) is 15.1 Å². The Kier molecular flexibility index (Phi) is 5.73. The molecule has 6 heteroatoms. The van der Waals surface area contributed by atoms with Crippen LogP contribution >= 0.6 is 0 Å². The van der Waals surface area contributed by atoms with Gasteiger partial charge in [0.2, 0.25) is 5.91 Å². The molecule has 1 amide bonds. The van der Waals surface area contributed by atoms with Crippen LogP contribution in [0.4, 0.5) is 0 Å². The van der Waals surface area contributed by atoms with Crippen molar-refractivity contribution < 1.29 is 14.7 Å². The van der Waals surface area contributed by atoms with Crippen molar-refractivity contribution in [2.75, 3.05) is 0 Å². The zero-order valence-corrected chi connectivity index (χ0v) is 12.5. The molecule has 6 nitrogen and oxygen atoms in total. The maximum Gasteiger partial charge on any atom is 0.326 e. The first-order valence-electron chi connectivity index (χ1n) is 6.91. The third-order valence-electron chi connectivity index (χ3n) is 3.33. The monoisotopic (exact) mass is 281 g/mol. The molecule has 20 heavy (non-hydrogen) atoms. The molecule has 1 aromatic rings. The summed E-state index contributed by atoms with van der Waals surface area (Å²) in [5, 5.41) is 16.0. The number of carbonyl (C=O) groups is 2. The summed E-state index contributed by atoms with van der Waals surface area (Å²) in [7, 11) is 0. The SMILES string of the molecule is CC[C@@H](C)[C@H](NC(=O)Cc1ccn(C(C)C)n1)C(=O)O. The Labute approximate surface area is 119 Å². The fraction of sp³-hybridized carbons (Fsp3) is 0.643. The van der Waals surface area contributed by atoms with E-state index in [1.807, 2.05) is 33.9 Å². The van der Waals surface area contributed by atoms with Crippen LogP contribution in [0.3, 0.4) is 0 Å². The number of hydrogen-bond acceptors (Lipinski definition) is 3. The summed E-state index contributed by atoms with van der Waals surface area (Å²) in [6.45, 7) is 7.71. The number of carboxylic acid groups (broad SMARTS) is 1. The van der Waals surface area contributed by atoms with Crippen LogP contribution in [0.1, 0.15) is 45.9 Å². The van der Waals surface area contributed by atoms with Crippen molar-refractivity contribution in [1.29, 1.82) is 0 Å². The van der Waals surface area contributed by atoms with Crippen LogP contribution in [-0.4, -0.2) is 32.8 Å². The van der Waals surface area contributed by atoms with Crippen LogP contribution in [0.2, 0.25) is 0 Å². The summed E-state index contributed by atoms with van der Waals surface area (Å²) in [6, 6.07) is 1.16. The Bertz CT molecular complexity index is 468. The molecule has 1 rings (SSSR count). The molecule has 0 saturated carbocycles. The molecule has 0 bridgehead atoms. The molecule has 0 unspecified atom stereocenters. The van der Waals surface area contributed by atoms with Gasteiger partial charge in [0.15, 0.2) is 0 Å². The number of nitrogens with one attached hydrogen (secondary N) is 1. The first-order chi connectivity index (χ1) is 9.35. The molecule has 0 saturated heterocycles. The molecule has 0 radical (unpaired) electrons. The minimum Gasteiger partial charge on any atom is -0.480 e. The number of hydrogen-bond donors (Lipinski definition) is 2. The van der Waals surface area contributed by atoms with Gasteiger partial charge in [-0.05, 0) is 25.8 Å². The average Bonchev–Trinajstić information content (AvgIpc) is 2.83. The molecule has 0 aliphatic rings. The van der Waals surface area contributed by atoms with Crippen LogP contribution in [0.15, 0.2) is 12.3 Å². The Hall–Kier alpha value is -1.85. The predicted molar refractivity (Wildman–Crippen MR) is 75.3 cm³/mol. The highest BCUT2D eigenvalue weighted by atomic mass is 16.4. The number of aliphatic carboxylic acids is 1. The van der Waals surface area contributed by atoms with Crippen molar-refractivity contribution >= 4 is 11.9 Å². The number of amides is 1. The quantitative estimate of drug-likeness (QED) is 0.795. The van der Waals surface area contributed by atoms with Gasteiger partial charge in [-0.15, -0.1) is 0 Å². The van der Waals surface area contributed by atoms with E-state index in [-0.39, 0.29) is 24.3 Å². The molecule has 1 aromatic heterocycles. The van der Waals surface area contributed by atoms with Crippen LogP contribution in [0.5, 0.6) is 0 Å². The summed E-state index contributed by atoms with van der Waals surface area (Å²) >= 11 is 0. The van der Waals surface area contributed by atoms with Gasteiger partial charge in [0.05, 0.1) is 12.1 Å². The van der Waals surface area contributed by atoms with Gasteiger partial charge in [0.25, 0.3) is 0 Å². The Morgan fingerprint density at radius 3 is 2.50 bits per heavy atom. The molecule has 0 spiro atoms. The lowest BCUT2D eigenvalue weighted by molar-refractivity contribution is -0.143. The van der Waals surface area contributed by atoms with E-state index in [2.05, 4.69) is 10.4 Å². The molecule has 112 valence electrons. The van der Waals surface area contributed by atoms with Gasteiger partial charge < -0.3 is 10.4 Å². The van der Waals surface area contributed by atoms with E-state index in [9.17, 15) is 9.59 Å². The van der Waals surface area contributed by atoms with E-state index < -0.39 is 12.0 Å². The summed E-state index contributed by atoms with van der Waals surface area (Å²) in [6.07, 6.45) is 2.61. The lowest BCUT2D eigenvalue weighted by Crippen LogP contribution is -2.45. The normalized spacial score (nSPS) is 14.1. The van der Waals surface area contributed by atoms with Gasteiger partial charge in [0.1, 0.15) is 6.04 Å². The third-order valence-corrected chi connectivity index (χ3v) is 3.33. The van der Waals surface area contributed by atoms with E-state index in [1.165, 1.54) is 0 Å². The fourth-order valence-electron chi connectivity index (χ4n) is 1.83. The van der Waals surface area contributed by atoms with Crippen molar-refractivity contribution in [2.45, 2.75) is 52.6 Å². The second-order valence-electron chi connectivity index (χ2n) is 5.33. The maximum atomic E-state index is 11.9. The van der Waals surface area contributed by atoms with Gasteiger partial charge in [-0.1, -0.05) is 20.3 Å². The minimum absolute atomic E-state index is 0.0972. The van der Waals surface area contributed by atoms with E-state index in [0.717, 1.165) is 0 Å². The van der Waals surface area contributed by atoms with Crippen LogP contribution in [0.25, 0.3) is 0 Å². The zero-order chi connectivity index (χ0) is 15.3. The summed E-state index contributed by atoms with van der Waals surface area (Å²) in [5.74, 6) is -1.42. The first kappa shape index (κ1) is 16.2. The highest BCUT2D eigenvalue weighted by molar-refractivity contribution is 5.84. The van der Waals surface area contributed by atoms with E-state index in [0.29, 0.717) is 12.1 Å². The lowest BCUT2D eigenvalue weighted by atomic mass is 9.99. The largest absolute Gasteiger partial charge is 0.480 e. The van der Waals surface area contributed by atoms with Gasteiger partial charge in [-0.2, -0.15) is 5.10 Å². The second kappa shape index (κ2) is 7.07. The molecule has 0 aromatic carbocycles. The summed E-state index contributed by atoms with van der Waals surface area (Å²) in [4.78, 5) is 23.0. The summed E-state index contributed by atoms with van der Waals surface area (Å²) < 4.78 is 1.77. The van der Waals surface area contributed by atoms with E-state index >= 15 is 0 Å². The highest BCUT2D eigenvalue weighted by Crippen LogP contribution is 2.09. The van der Waals surface area contributed by atoms with Crippen molar-refractivity contribution in [2.24, 2.45) is 5.92 Å². The van der Waals surface area contributed by atoms with Gasteiger partial charge in [-0.3, -0.25) is 9.48 Å². The van der Waals surface area contributed by atoms with Gasteiger partial charge in [0, 0.05) is 12.2 Å². The molecule has 1 heterocycles. The minimum atomic E-state index is -1.000. The fourth-order valence-corrected chi connectivity index (χ4v) is 1.83. The summed E-state index contributed by atoms with van der Waals surface area (Å²) in [5.41, 5.74) is 0.643. The molecular formula is C14H23N3O3. The zero-order valence-electron chi connectivity index (χ0n) is 12.5.